The quantitative estimate of drug-likeness (QED) is 0.761. The Morgan fingerprint density at radius 3 is 2.38 bits per heavy atom. The molecule has 2 atom stereocenters. The second-order valence-corrected chi connectivity index (χ2v) is 12.3. The van der Waals surface area contributed by atoms with Crippen LogP contribution < -0.4 is 4.72 Å². The van der Waals surface area contributed by atoms with Crippen LogP contribution >= 0.6 is 0 Å². The third kappa shape index (κ3) is 4.82. The van der Waals surface area contributed by atoms with Crippen LogP contribution in [0.5, 0.6) is 0 Å². The minimum absolute atomic E-state index is 0.185. The van der Waals surface area contributed by atoms with Crippen LogP contribution in [-0.2, 0) is 22.1 Å². The van der Waals surface area contributed by atoms with Gasteiger partial charge in [-0.05, 0) is 89.5 Å². The molecule has 0 saturated carbocycles. The molecule has 1 saturated heterocycles. The molecule has 1 unspecified atom stereocenters. The molecule has 3 rings (SSSR count). The normalized spacial score (nSPS) is 22.4. The first kappa shape index (κ1) is 22.2. The molecule has 2 aliphatic rings. The van der Waals surface area contributed by atoms with Crippen molar-refractivity contribution < 1.29 is 18.1 Å². The van der Waals surface area contributed by atoms with Crippen molar-refractivity contribution in [2.45, 2.75) is 77.2 Å². The lowest BCUT2D eigenvalue weighted by Gasteiger charge is -2.44. The molecular weight excluding hydrogens is 391 g/mol. The summed E-state index contributed by atoms with van der Waals surface area (Å²) in [4.78, 5) is 14.2. The largest absolute Gasteiger partial charge is 0.444 e. The smallest absolute Gasteiger partial charge is 0.410 e. The van der Waals surface area contributed by atoms with Crippen LogP contribution in [0.3, 0.4) is 0 Å². The van der Waals surface area contributed by atoms with E-state index >= 15 is 0 Å². The second-order valence-electron chi connectivity index (χ2n) is 10.3. The van der Waals surface area contributed by atoms with Crippen molar-refractivity contribution in [2.75, 3.05) is 13.1 Å². The zero-order valence-corrected chi connectivity index (χ0v) is 19.1. The van der Waals surface area contributed by atoms with Crippen molar-refractivity contribution in [3.63, 3.8) is 0 Å². The lowest BCUT2D eigenvalue weighted by Crippen LogP contribution is -2.49. The Bertz CT molecular complexity index is 805. The van der Waals surface area contributed by atoms with E-state index in [1.54, 1.807) is 11.0 Å². The molecule has 162 valence electrons. The van der Waals surface area contributed by atoms with E-state index in [-0.39, 0.29) is 23.4 Å². The van der Waals surface area contributed by atoms with Crippen LogP contribution in [0.1, 0.15) is 71.6 Å². The number of hydrogen-bond donors (Lipinski definition) is 1. The van der Waals surface area contributed by atoms with Crippen molar-refractivity contribution in [3.8, 4) is 0 Å². The van der Waals surface area contributed by atoms with Crippen LogP contribution in [0, 0.1) is 11.2 Å². The molecule has 1 aliphatic carbocycles. The predicted octanol–water partition coefficient (Wildman–Crippen LogP) is 4.49. The number of piperidine rings is 1. The molecule has 1 aromatic carbocycles. The van der Waals surface area contributed by atoms with Gasteiger partial charge in [-0.25, -0.2) is 18.1 Å². The molecule has 7 heteroatoms. The van der Waals surface area contributed by atoms with Crippen molar-refractivity contribution in [3.05, 3.63) is 35.1 Å². The molecule has 1 amide bonds. The maximum atomic E-state index is 14.0. The van der Waals surface area contributed by atoms with E-state index in [9.17, 15) is 13.4 Å². The summed E-state index contributed by atoms with van der Waals surface area (Å²) in [6.45, 7) is 12.5. The van der Waals surface area contributed by atoms with Gasteiger partial charge in [0.1, 0.15) is 11.4 Å². The zero-order valence-electron chi connectivity index (χ0n) is 18.3. The first-order valence-corrected chi connectivity index (χ1v) is 11.4. The summed E-state index contributed by atoms with van der Waals surface area (Å²) < 4.78 is 35.3. The van der Waals surface area contributed by atoms with Crippen molar-refractivity contribution in [1.82, 2.24) is 9.62 Å². The lowest BCUT2D eigenvalue weighted by molar-refractivity contribution is 0.00724. The van der Waals surface area contributed by atoms with Gasteiger partial charge < -0.3 is 9.64 Å². The van der Waals surface area contributed by atoms with Gasteiger partial charge in [0.05, 0.1) is 21.8 Å². The molecule has 1 N–H and O–H groups in total. The highest BCUT2D eigenvalue weighted by molar-refractivity contribution is 7.84. The molecular formula is C22H33FN2O3S. The maximum Gasteiger partial charge on any atom is 0.410 e. The van der Waals surface area contributed by atoms with E-state index in [0.717, 1.165) is 30.4 Å². The average Bonchev–Trinajstić information content (AvgIpc) is 2.86. The van der Waals surface area contributed by atoms with Crippen molar-refractivity contribution in [1.29, 1.82) is 0 Å². The van der Waals surface area contributed by atoms with Gasteiger partial charge in [-0.2, -0.15) is 0 Å². The van der Waals surface area contributed by atoms with Crippen molar-refractivity contribution in [2.24, 2.45) is 5.41 Å². The number of halogens is 1. The number of amides is 1. The Hall–Kier alpha value is -1.47. The summed E-state index contributed by atoms with van der Waals surface area (Å²) in [6, 6.07) is 4.70. The first-order chi connectivity index (χ1) is 13.3. The topological polar surface area (TPSA) is 58.6 Å². The van der Waals surface area contributed by atoms with E-state index < -0.39 is 21.3 Å². The first-order valence-electron chi connectivity index (χ1n) is 10.3. The number of benzene rings is 1. The SMILES string of the molecule is CC(C)(C)OC(=O)N1CCC2(CC1)Cc1ccc(F)cc1[C@H]2NS(=O)C(C)(C)C. The number of hydrogen-bond acceptors (Lipinski definition) is 3. The fourth-order valence-corrected chi connectivity index (χ4v) is 5.15. The number of fused-ring (bicyclic) bond motifs is 1. The molecule has 0 bridgehead atoms. The van der Waals surface area contributed by atoms with Crippen molar-refractivity contribution >= 4 is 17.1 Å². The van der Waals surface area contributed by atoms with E-state index in [1.165, 1.54) is 6.07 Å². The third-order valence-electron chi connectivity index (χ3n) is 5.77. The summed E-state index contributed by atoms with van der Waals surface area (Å²) in [5, 5.41) is 0. The summed E-state index contributed by atoms with van der Waals surface area (Å²) in [5.41, 5.74) is 1.28. The number of carbonyl (C=O) groups is 1. The molecule has 1 aliphatic heterocycles. The highest BCUT2D eigenvalue weighted by Crippen LogP contribution is 2.52. The van der Waals surface area contributed by atoms with Crippen LogP contribution in [0.4, 0.5) is 9.18 Å². The Morgan fingerprint density at radius 1 is 1.21 bits per heavy atom. The van der Waals surface area contributed by atoms with Gasteiger partial charge in [0, 0.05) is 13.1 Å². The molecule has 1 heterocycles. The number of ether oxygens (including phenoxy) is 1. The van der Waals surface area contributed by atoms with Crippen LogP contribution in [0.2, 0.25) is 0 Å². The predicted molar refractivity (Wildman–Crippen MR) is 113 cm³/mol. The second kappa shape index (κ2) is 7.65. The average molecular weight is 425 g/mol. The van der Waals surface area contributed by atoms with E-state index in [4.69, 9.17) is 4.74 Å². The standard InChI is InChI=1S/C22H33FN2O3S/c1-20(2,3)28-19(26)25-11-9-22(10-12-25)14-15-7-8-16(23)13-17(15)18(22)24-29(27)21(4,5)6/h7-8,13,18,24H,9-12,14H2,1-6H3/t18-,29?/m1/s1. The van der Waals surface area contributed by atoms with Crippen LogP contribution in [-0.4, -0.2) is 38.6 Å². The lowest BCUT2D eigenvalue weighted by atomic mass is 9.73. The van der Waals surface area contributed by atoms with Gasteiger partial charge in [-0.3, -0.25) is 0 Å². The molecule has 0 radical (unpaired) electrons. The Morgan fingerprint density at radius 2 is 1.83 bits per heavy atom. The molecule has 0 aromatic heterocycles. The van der Waals surface area contributed by atoms with Gasteiger partial charge in [0.25, 0.3) is 0 Å². The van der Waals surface area contributed by atoms with Gasteiger partial charge >= 0.3 is 6.09 Å². The Kier molecular flexibility index (Phi) is 5.86. The fraction of sp³-hybridized carbons (Fsp3) is 0.682. The maximum absolute atomic E-state index is 14.0. The summed E-state index contributed by atoms with van der Waals surface area (Å²) in [5.74, 6) is -0.277. The fourth-order valence-electron chi connectivity index (χ4n) is 4.21. The summed E-state index contributed by atoms with van der Waals surface area (Å²) in [6.07, 6.45) is 2.00. The summed E-state index contributed by atoms with van der Waals surface area (Å²) in [7, 11) is -1.28. The van der Waals surface area contributed by atoms with Gasteiger partial charge in [0.2, 0.25) is 0 Å². The van der Waals surface area contributed by atoms with E-state index in [0.29, 0.717) is 13.1 Å². The van der Waals surface area contributed by atoms with Gasteiger partial charge in [-0.15, -0.1) is 0 Å². The van der Waals surface area contributed by atoms with Gasteiger partial charge in [0.15, 0.2) is 0 Å². The molecule has 1 aromatic rings. The number of rotatable bonds is 2. The zero-order chi connectivity index (χ0) is 21.6. The van der Waals surface area contributed by atoms with Gasteiger partial charge in [-0.1, -0.05) is 6.07 Å². The minimum atomic E-state index is -1.28. The van der Waals surface area contributed by atoms with Crippen LogP contribution in [0.15, 0.2) is 18.2 Å². The molecule has 1 fully saturated rings. The molecule has 5 nitrogen and oxygen atoms in total. The third-order valence-corrected chi connectivity index (χ3v) is 7.33. The Balaban J connectivity index is 1.82. The number of nitrogens with one attached hydrogen (secondary N) is 1. The Labute approximate surface area is 176 Å². The van der Waals surface area contributed by atoms with E-state index in [1.807, 2.05) is 47.6 Å². The monoisotopic (exact) mass is 424 g/mol. The summed E-state index contributed by atoms with van der Waals surface area (Å²) >= 11 is 0. The molecule has 29 heavy (non-hydrogen) atoms. The molecule has 1 spiro atoms. The highest BCUT2D eigenvalue weighted by Gasteiger charge is 2.49. The highest BCUT2D eigenvalue weighted by atomic mass is 32.2. The number of carbonyl (C=O) groups excluding carboxylic acids is 1. The minimum Gasteiger partial charge on any atom is -0.444 e. The van der Waals surface area contributed by atoms with Crippen LogP contribution in [0.25, 0.3) is 0 Å². The van der Waals surface area contributed by atoms with E-state index in [2.05, 4.69) is 4.72 Å². The number of nitrogens with zero attached hydrogens (tertiary/aromatic N) is 1. The number of likely N-dealkylation sites (tertiary alicyclic amines) is 1.